The fourth-order valence-electron chi connectivity index (χ4n) is 2.11. The van der Waals surface area contributed by atoms with Crippen LogP contribution in [0.15, 0.2) is 41.4 Å². The van der Waals surface area contributed by atoms with Gasteiger partial charge in [-0.1, -0.05) is 35.3 Å². The topological polar surface area (TPSA) is 74.2 Å². The Bertz CT molecular complexity index is 821. The maximum absolute atomic E-state index is 13.8. The van der Waals surface area contributed by atoms with Crippen LogP contribution in [0.5, 0.6) is 0 Å². The van der Waals surface area contributed by atoms with Crippen molar-refractivity contribution in [2.24, 2.45) is 10.7 Å². The third-order valence-corrected chi connectivity index (χ3v) is 3.96. The minimum atomic E-state index is -0.487. The molecule has 4 nitrogen and oxygen atoms in total. The molecule has 0 amide bonds. The number of aliphatic imine (C=N–C) groups is 1. The number of nitrogens with two attached hydrogens (primary N) is 1. The molecule has 2 aromatic rings. The molecule has 132 valence electrons. The first-order valence-electron chi connectivity index (χ1n) is 7.10. The molecule has 2 aromatic carbocycles. The Hall–Kier alpha value is -1.56. The molecule has 0 aliphatic carbocycles. The number of nitrogens with zero attached hydrogens (tertiary/aromatic N) is 2. The van der Waals surface area contributed by atoms with Crippen LogP contribution in [0.1, 0.15) is 29.7 Å². The van der Waals surface area contributed by atoms with E-state index in [1.807, 2.05) is 13.0 Å². The monoisotopic (exact) mass is 492 g/mol. The number of nitrogens with one attached hydrogen (secondary N) is 1. The average Bonchev–Trinajstić information content (AvgIpc) is 2.53. The maximum atomic E-state index is 13.8. The highest BCUT2D eigenvalue weighted by Gasteiger charge is 2.11. The van der Waals surface area contributed by atoms with Gasteiger partial charge in [0.1, 0.15) is 5.82 Å². The largest absolute Gasteiger partial charge is 0.370 e. The van der Waals surface area contributed by atoms with Crippen molar-refractivity contribution < 1.29 is 4.39 Å². The minimum absolute atomic E-state index is 0. The van der Waals surface area contributed by atoms with E-state index in [1.54, 1.807) is 18.2 Å². The van der Waals surface area contributed by atoms with Gasteiger partial charge in [-0.25, -0.2) is 9.38 Å². The van der Waals surface area contributed by atoms with E-state index in [9.17, 15) is 4.39 Å². The number of nitriles is 1. The summed E-state index contributed by atoms with van der Waals surface area (Å²) in [7, 11) is 0. The zero-order chi connectivity index (χ0) is 17.7. The summed E-state index contributed by atoms with van der Waals surface area (Å²) in [4.78, 5) is 4.11. The van der Waals surface area contributed by atoms with Crippen molar-refractivity contribution in [3.05, 3.63) is 69.0 Å². The molecule has 1 unspecified atom stereocenters. The minimum Gasteiger partial charge on any atom is -0.370 e. The third kappa shape index (κ3) is 6.03. The van der Waals surface area contributed by atoms with Crippen molar-refractivity contribution in [1.82, 2.24) is 5.32 Å². The van der Waals surface area contributed by atoms with Crippen LogP contribution in [0.3, 0.4) is 0 Å². The third-order valence-electron chi connectivity index (χ3n) is 3.40. The first-order chi connectivity index (χ1) is 11.4. The molecule has 0 radical (unpaired) electrons. The van der Waals surface area contributed by atoms with Crippen LogP contribution in [-0.4, -0.2) is 5.96 Å². The maximum Gasteiger partial charge on any atom is 0.189 e. The van der Waals surface area contributed by atoms with Crippen molar-refractivity contribution in [2.75, 3.05) is 0 Å². The molecule has 0 aliphatic heterocycles. The predicted octanol–water partition coefficient (Wildman–Crippen LogP) is 4.79. The number of hydrogen-bond acceptors (Lipinski definition) is 2. The van der Waals surface area contributed by atoms with E-state index in [-0.39, 0.29) is 48.1 Å². The predicted molar refractivity (Wildman–Crippen MR) is 110 cm³/mol. The fourth-order valence-corrected chi connectivity index (χ4v) is 2.69. The summed E-state index contributed by atoms with van der Waals surface area (Å²) in [5.41, 5.74) is 7.28. The summed E-state index contributed by atoms with van der Waals surface area (Å²) in [6.45, 7) is 1.94. The van der Waals surface area contributed by atoms with Gasteiger partial charge in [0.15, 0.2) is 5.96 Å². The van der Waals surface area contributed by atoms with E-state index in [0.717, 1.165) is 5.56 Å². The summed E-state index contributed by atoms with van der Waals surface area (Å²) < 4.78 is 13.8. The molecule has 0 saturated carbocycles. The highest BCUT2D eigenvalue weighted by Crippen LogP contribution is 2.25. The quantitative estimate of drug-likeness (QED) is 0.366. The summed E-state index contributed by atoms with van der Waals surface area (Å²) in [5.74, 6) is -0.323. The number of hydrogen-bond donors (Lipinski definition) is 2. The van der Waals surface area contributed by atoms with Gasteiger partial charge >= 0.3 is 0 Å². The Morgan fingerprint density at radius 1 is 1.32 bits per heavy atom. The van der Waals surface area contributed by atoms with Crippen molar-refractivity contribution in [3.63, 3.8) is 0 Å². The van der Waals surface area contributed by atoms with Crippen LogP contribution < -0.4 is 11.1 Å². The van der Waals surface area contributed by atoms with Crippen LogP contribution in [0.4, 0.5) is 4.39 Å². The summed E-state index contributed by atoms with van der Waals surface area (Å²) in [6.07, 6.45) is 0. The zero-order valence-corrected chi connectivity index (χ0v) is 17.1. The van der Waals surface area contributed by atoms with Crippen molar-refractivity contribution in [2.45, 2.75) is 19.5 Å². The highest BCUT2D eigenvalue weighted by molar-refractivity contribution is 14.0. The Labute approximate surface area is 172 Å². The van der Waals surface area contributed by atoms with Crippen molar-refractivity contribution >= 4 is 53.1 Å². The van der Waals surface area contributed by atoms with Gasteiger partial charge in [-0.3, -0.25) is 0 Å². The number of guanidine groups is 1. The standard InChI is InChI=1S/C17H15Cl2FN4.HI/c1-10(14-5-4-13(18)7-15(14)19)24-17(22)23-9-12-3-2-11(8-21)6-16(12)20;/h2-7,10H,9H2,1H3,(H3,22,23,24);1H. The zero-order valence-electron chi connectivity index (χ0n) is 13.3. The van der Waals surface area contributed by atoms with Crippen LogP contribution in [0, 0.1) is 17.1 Å². The van der Waals surface area contributed by atoms with Crippen LogP contribution in [0.2, 0.25) is 10.0 Å². The molecule has 0 heterocycles. The van der Waals surface area contributed by atoms with Gasteiger partial charge in [0.05, 0.1) is 24.2 Å². The first kappa shape index (κ1) is 21.5. The number of benzene rings is 2. The van der Waals surface area contributed by atoms with E-state index >= 15 is 0 Å². The summed E-state index contributed by atoms with van der Waals surface area (Å²) in [5, 5.41) is 12.8. The summed E-state index contributed by atoms with van der Waals surface area (Å²) in [6, 6.07) is 11.1. The SMILES string of the molecule is CC(NC(N)=NCc1ccc(C#N)cc1F)c1ccc(Cl)cc1Cl.I. The van der Waals surface area contributed by atoms with Crippen LogP contribution in [0.25, 0.3) is 0 Å². The van der Waals surface area contributed by atoms with Gasteiger partial charge < -0.3 is 11.1 Å². The van der Waals surface area contributed by atoms with Crippen LogP contribution in [-0.2, 0) is 6.54 Å². The Balaban J connectivity index is 0.00000312. The Morgan fingerprint density at radius 3 is 2.64 bits per heavy atom. The fraction of sp³-hybridized carbons (Fsp3) is 0.176. The van der Waals surface area contributed by atoms with Gasteiger partial charge in [-0.2, -0.15) is 5.26 Å². The molecule has 0 fully saturated rings. The molecule has 0 spiro atoms. The van der Waals surface area contributed by atoms with E-state index in [4.69, 9.17) is 34.2 Å². The second-order valence-corrected chi connectivity index (χ2v) is 5.99. The van der Waals surface area contributed by atoms with Gasteiger partial charge in [0.2, 0.25) is 0 Å². The molecule has 2 rings (SSSR count). The van der Waals surface area contributed by atoms with Gasteiger partial charge in [0, 0.05) is 15.6 Å². The molecule has 8 heteroatoms. The molecule has 0 saturated heterocycles. The smallest absolute Gasteiger partial charge is 0.189 e. The summed E-state index contributed by atoms with van der Waals surface area (Å²) >= 11 is 12.0. The Morgan fingerprint density at radius 2 is 2.04 bits per heavy atom. The molecular weight excluding hydrogens is 477 g/mol. The molecule has 0 bridgehead atoms. The lowest BCUT2D eigenvalue weighted by molar-refractivity contribution is 0.609. The van der Waals surface area contributed by atoms with Gasteiger partial charge in [-0.15, -0.1) is 24.0 Å². The number of rotatable bonds is 4. The lowest BCUT2D eigenvalue weighted by Gasteiger charge is -2.16. The van der Waals surface area contributed by atoms with Crippen molar-refractivity contribution in [3.8, 4) is 6.07 Å². The van der Waals surface area contributed by atoms with Gasteiger partial charge in [-0.05, 0) is 36.8 Å². The highest BCUT2D eigenvalue weighted by atomic mass is 127. The number of halogens is 4. The molecule has 25 heavy (non-hydrogen) atoms. The Kier molecular flexibility index (Phi) is 8.42. The van der Waals surface area contributed by atoms with E-state index in [2.05, 4.69) is 10.3 Å². The normalized spacial score (nSPS) is 12.0. The molecule has 0 aliphatic rings. The molecule has 1 atom stereocenters. The lowest BCUT2D eigenvalue weighted by Crippen LogP contribution is -2.34. The molecule has 3 N–H and O–H groups in total. The van der Waals surface area contributed by atoms with E-state index < -0.39 is 5.82 Å². The molecular formula is C17H16Cl2FIN4. The van der Waals surface area contributed by atoms with Gasteiger partial charge in [0.25, 0.3) is 0 Å². The second-order valence-electron chi connectivity index (χ2n) is 5.15. The first-order valence-corrected chi connectivity index (χ1v) is 7.86. The van der Waals surface area contributed by atoms with Crippen molar-refractivity contribution in [1.29, 1.82) is 5.26 Å². The average molecular weight is 493 g/mol. The lowest BCUT2D eigenvalue weighted by atomic mass is 10.1. The molecule has 0 aromatic heterocycles. The van der Waals surface area contributed by atoms with E-state index in [0.29, 0.717) is 15.6 Å². The van der Waals surface area contributed by atoms with E-state index in [1.165, 1.54) is 18.2 Å². The second kappa shape index (κ2) is 9.80. The van der Waals surface area contributed by atoms with Crippen LogP contribution >= 0.6 is 47.2 Å².